The van der Waals surface area contributed by atoms with Crippen LogP contribution in [0, 0.1) is 16.7 Å². The SMILES string of the molecule is CCC(CC)(CO)CNCc1ccc(C#N)o1. The molecule has 0 atom stereocenters. The van der Waals surface area contributed by atoms with Gasteiger partial charge < -0.3 is 14.8 Å². The highest BCUT2D eigenvalue weighted by molar-refractivity contribution is 5.18. The van der Waals surface area contributed by atoms with E-state index in [9.17, 15) is 5.11 Å². The zero-order valence-corrected chi connectivity index (χ0v) is 10.5. The van der Waals surface area contributed by atoms with Crippen molar-refractivity contribution in [1.82, 2.24) is 5.32 Å². The van der Waals surface area contributed by atoms with Crippen LogP contribution in [0.4, 0.5) is 0 Å². The predicted octanol–water partition coefficient (Wildman–Crippen LogP) is 2.04. The van der Waals surface area contributed by atoms with E-state index in [1.54, 1.807) is 12.1 Å². The molecular formula is C13H20N2O2. The van der Waals surface area contributed by atoms with Gasteiger partial charge in [0.25, 0.3) is 0 Å². The van der Waals surface area contributed by atoms with Crippen LogP contribution in [-0.4, -0.2) is 18.3 Å². The molecule has 2 N–H and O–H groups in total. The molecule has 1 rings (SSSR count). The Hall–Kier alpha value is -1.31. The molecule has 0 aliphatic heterocycles. The molecule has 0 saturated heterocycles. The largest absolute Gasteiger partial charge is 0.449 e. The summed E-state index contributed by atoms with van der Waals surface area (Å²) in [5.41, 5.74) is -0.0509. The van der Waals surface area contributed by atoms with Crippen molar-refractivity contribution in [2.24, 2.45) is 5.41 Å². The van der Waals surface area contributed by atoms with Crippen LogP contribution >= 0.6 is 0 Å². The van der Waals surface area contributed by atoms with Crippen LogP contribution < -0.4 is 5.32 Å². The van der Waals surface area contributed by atoms with Crippen molar-refractivity contribution in [2.75, 3.05) is 13.2 Å². The van der Waals surface area contributed by atoms with Crippen molar-refractivity contribution >= 4 is 0 Å². The van der Waals surface area contributed by atoms with E-state index < -0.39 is 0 Å². The summed E-state index contributed by atoms with van der Waals surface area (Å²) in [7, 11) is 0. The number of hydrogen-bond donors (Lipinski definition) is 2. The van der Waals surface area contributed by atoms with E-state index in [1.807, 2.05) is 6.07 Å². The molecule has 4 nitrogen and oxygen atoms in total. The molecule has 0 spiro atoms. The molecule has 0 saturated carbocycles. The van der Waals surface area contributed by atoms with Crippen molar-refractivity contribution in [3.05, 3.63) is 23.7 Å². The molecule has 0 radical (unpaired) electrons. The molecule has 0 aromatic carbocycles. The topological polar surface area (TPSA) is 69.2 Å². The number of rotatable bonds is 7. The highest BCUT2D eigenvalue weighted by atomic mass is 16.3. The molecule has 0 aliphatic rings. The molecule has 1 heterocycles. The Bertz CT molecular complexity index is 367. The van der Waals surface area contributed by atoms with Crippen LogP contribution in [0.15, 0.2) is 16.5 Å². The predicted molar refractivity (Wildman–Crippen MR) is 65.2 cm³/mol. The Morgan fingerprint density at radius 1 is 1.41 bits per heavy atom. The van der Waals surface area contributed by atoms with Gasteiger partial charge in [-0.05, 0) is 25.0 Å². The minimum atomic E-state index is -0.0509. The van der Waals surface area contributed by atoms with Crippen molar-refractivity contribution in [3.63, 3.8) is 0 Å². The van der Waals surface area contributed by atoms with E-state index in [4.69, 9.17) is 9.68 Å². The van der Waals surface area contributed by atoms with E-state index >= 15 is 0 Å². The first kappa shape index (κ1) is 13.8. The lowest BCUT2D eigenvalue weighted by Gasteiger charge is -2.29. The first-order valence-electron chi connectivity index (χ1n) is 6.00. The van der Waals surface area contributed by atoms with Gasteiger partial charge in [0.15, 0.2) is 0 Å². The second kappa shape index (κ2) is 6.43. The first-order chi connectivity index (χ1) is 8.19. The van der Waals surface area contributed by atoms with Gasteiger partial charge in [0.1, 0.15) is 11.8 Å². The maximum absolute atomic E-state index is 9.41. The molecule has 17 heavy (non-hydrogen) atoms. The van der Waals surface area contributed by atoms with Gasteiger partial charge in [-0.2, -0.15) is 5.26 Å². The summed E-state index contributed by atoms with van der Waals surface area (Å²) < 4.78 is 5.26. The Morgan fingerprint density at radius 3 is 2.59 bits per heavy atom. The minimum Gasteiger partial charge on any atom is -0.449 e. The average Bonchev–Trinajstić information content (AvgIpc) is 2.83. The number of nitrogens with zero attached hydrogens (tertiary/aromatic N) is 1. The fraction of sp³-hybridized carbons (Fsp3) is 0.615. The van der Waals surface area contributed by atoms with Gasteiger partial charge >= 0.3 is 0 Å². The van der Waals surface area contributed by atoms with Crippen molar-refractivity contribution in [2.45, 2.75) is 33.2 Å². The summed E-state index contributed by atoms with van der Waals surface area (Å²) >= 11 is 0. The maximum atomic E-state index is 9.41. The molecule has 94 valence electrons. The third-order valence-electron chi connectivity index (χ3n) is 3.41. The lowest BCUT2D eigenvalue weighted by molar-refractivity contribution is 0.112. The van der Waals surface area contributed by atoms with Gasteiger partial charge in [0.05, 0.1) is 6.54 Å². The van der Waals surface area contributed by atoms with Crippen LogP contribution in [0.5, 0.6) is 0 Å². The summed E-state index contributed by atoms with van der Waals surface area (Å²) in [5.74, 6) is 1.09. The van der Waals surface area contributed by atoms with Crippen molar-refractivity contribution < 1.29 is 9.52 Å². The second-order valence-electron chi connectivity index (χ2n) is 4.35. The normalized spacial score (nSPS) is 11.4. The third-order valence-corrected chi connectivity index (χ3v) is 3.41. The molecule has 4 heteroatoms. The number of nitriles is 1. The summed E-state index contributed by atoms with van der Waals surface area (Å²) in [5, 5.41) is 21.3. The number of aliphatic hydroxyl groups excluding tert-OH is 1. The van der Waals surface area contributed by atoms with Crippen LogP contribution in [0.25, 0.3) is 0 Å². The van der Waals surface area contributed by atoms with Gasteiger partial charge in [-0.1, -0.05) is 13.8 Å². The van der Waals surface area contributed by atoms with Gasteiger partial charge in [-0.3, -0.25) is 0 Å². The Morgan fingerprint density at radius 2 is 2.12 bits per heavy atom. The monoisotopic (exact) mass is 236 g/mol. The molecule has 0 bridgehead atoms. The number of nitrogens with one attached hydrogen (secondary N) is 1. The molecule has 1 aromatic rings. The van der Waals surface area contributed by atoms with E-state index in [-0.39, 0.29) is 12.0 Å². The van der Waals surface area contributed by atoms with Gasteiger partial charge in [-0.15, -0.1) is 0 Å². The van der Waals surface area contributed by atoms with Crippen LogP contribution in [-0.2, 0) is 6.54 Å². The van der Waals surface area contributed by atoms with Crippen LogP contribution in [0.3, 0.4) is 0 Å². The minimum absolute atomic E-state index is 0.0509. The molecule has 0 aliphatic carbocycles. The highest BCUT2D eigenvalue weighted by Gasteiger charge is 2.24. The van der Waals surface area contributed by atoms with E-state index in [0.29, 0.717) is 12.3 Å². The zero-order valence-electron chi connectivity index (χ0n) is 10.5. The molecule has 0 amide bonds. The molecule has 0 fully saturated rings. The fourth-order valence-corrected chi connectivity index (χ4v) is 1.76. The summed E-state index contributed by atoms with van der Waals surface area (Å²) in [6.07, 6.45) is 1.88. The van der Waals surface area contributed by atoms with Gasteiger partial charge in [0, 0.05) is 18.6 Å². The van der Waals surface area contributed by atoms with E-state index in [0.717, 1.165) is 25.1 Å². The number of hydrogen-bond acceptors (Lipinski definition) is 4. The Labute approximate surface area is 102 Å². The lowest BCUT2D eigenvalue weighted by atomic mass is 9.83. The van der Waals surface area contributed by atoms with Gasteiger partial charge in [-0.25, -0.2) is 0 Å². The van der Waals surface area contributed by atoms with Crippen molar-refractivity contribution in [1.29, 1.82) is 5.26 Å². The number of aliphatic hydroxyl groups is 1. The first-order valence-corrected chi connectivity index (χ1v) is 6.00. The van der Waals surface area contributed by atoms with Crippen LogP contribution in [0.1, 0.15) is 38.2 Å². The second-order valence-corrected chi connectivity index (χ2v) is 4.35. The Balaban J connectivity index is 2.44. The molecule has 0 unspecified atom stereocenters. The zero-order chi connectivity index (χ0) is 12.7. The standard InChI is InChI=1S/C13H20N2O2/c1-3-13(4-2,10-16)9-15-8-12-6-5-11(7-14)17-12/h5-6,15-16H,3-4,8-10H2,1-2H3. The third kappa shape index (κ3) is 3.58. The fourth-order valence-electron chi connectivity index (χ4n) is 1.76. The maximum Gasteiger partial charge on any atom is 0.203 e. The Kier molecular flexibility index (Phi) is 5.20. The summed E-state index contributed by atoms with van der Waals surface area (Å²) in [6, 6.07) is 5.41. The van der Waals surface area contributed by atoms with Crippen LogP contribution in [0.2, 0.25) is 0 Å². The lowest BCUT2D eigenvalue weighted by Crippen LogP contribution is -2.36. The summed E-state index contributed by atoms with van der Waals surface area (Å²) in [6.45, 7) is 5.70. The summed E-state index contributed by atoms with van der Waals surface area (Å²) in [4.78, 5) is 0. The molecular weight excluding hydrogens is 216 g/mol. The quantitative estimate of drug-likeness (QED) is 0.760. The van der Waals surface area contributed by atoms with Gasteiger partial charge in [0.2, 0.25) is 5.76 Å². The van der Waals surface area contributed by atoms with Crippen molar-refractivity contribution in [3.8, 4) is 6.07 Å². The molecule has 1 aromatic heterocycles. The van der Waals surface area contributed by atoms with E-state index in [1.165, 1.54) is 0 Å². The average molecular weight is 236 g/mol. The highest BCUT2D eigenvalue weighted by Crippen LogP contribution is 2.24. The van der Waals surface area contributed by atoms with E-state index in [2.05, 4.69) is 19.2 Å². The smallest absolute Gasteiger partial charge is 0.203 e. The number of furan rings is 1.